The van der Waals surface area contributed by atoms with Crippen molar-refractivity contribution in [2.45, 2.75) is 39.5 Å². The molecule has 0 aliphatic carbocycles. The number of nitrogens with zero attached hydrogens (tertiary/aromatic N) is 4. The van der Waals surface area contributed by atoms with Gasteiger partial charge in [-0.1, -0.05) is 5.16 Å². The van der Waals surface area contributed by atoms with Crippen LogP contribution >= 0.6 is 0 Å². The molecule has 8 nitrogen and oxygen atoms in total. The summed E-state index contributed by atoms with van der Waals surface area (Å²) in [4.78, 5) is 19.2. The van der Waals surface area contributed by atoms with Crippen molar-refractivity contribution < 1.29 is 13.7 Å². The lowest BCUT2D eigenvalue weighted by Crippen LogP contribution is -2.36. The van der Waals surface area contributed by atoms with Gasteiger partial charge in [-0.15, -0.1) is 0 Å². The van der Waals surface area contributed by atoms with Crippen LogP contribution < -0.4 is 5.32 Å². The minimum absolute atomic E-state index is 0.0902. The molecule has 4 rings (SSSR count). The molecule has 0 unspecified atom stereocenters. The summed E-state index contributed by atoms with van der Waals surface area (Å²) in [6, 6.07) is 5.65. The van der Waals surface area contributed by atoms with E-state index in [1.807, 2.05) is 25.3 Å². The molecule has 1 atom stereocenters. The predicted molar refractivity (Wildman–Crippen MR) is 92.2 cm³/mol. The Labute approximate surface area is 150 Å². The molecule has 0 spiro atoms. The van der Waals surface area contributed by atoms with Crippen LogP contribution in [-0.4, -0.2) is 32.1 Å². The number of fused-ring (bicyclic) bond motifs is 1. The first-order valence-corrected chi connectivity index (χ1v) is 8.64. The van der Waals surface area contributed by atoms with Crippen LogP contribution in [0.1, 0.15) is 46.5 Å². The molecule has 3 aromatic heterocycles. The summed E-state index contributed by atoms with van der Waals surface area (Å²) in [7, 11) is 0. The van der Waals surface area contributed by atoms with Crippen molar-refractivity contribution in [1.82, 2.24) is 24.9 Å². The number of furan rings is 1. The molecule has 1 aliphatic heterocycles. The maximum absolute atomic E-state index is 12.4. The molecule has 0 saturated carbocycles. The summed E-state index contributed by atoms with van der Waals surface area (Å²) in [6.45, 7) is 6.68. The van der Waals surface area contributed by atoms with E-state index in [9.17, 15) is 4.79 Å². The number of aromatic nitrogens is 3. The third-order valence-electron chi connectivity index (χ3n) is 4.63. The van der Waals surface area contributed by atoms with Gasteiger partial charge < -0.3 is 18.8 Å². The van der Waals surface area contributed by atoms with Gasteiger partial charge in [0.05, 0.1) is 24.5 Å². The molecule has 0 aromatic carbocycles. The quantitative estimate of drug-likeness (QED) is 0.755. The number of nitrogens with one attached hydrogen (secondary N) is 1. The molecule has 0 fully saturated rings. The lowest BCUT2D eigenvalue weighted by Gasteiger charge is -2.32. The molecule has 1 N–H and O–H groups in total. The summed E-state index contributed by atoms with van der Waals surface area (Å²) in [5.41, 5.74) is 1.34. The third-order valence-corrected chi connectivity index (χ3v) is 4.63. The Kier molecular flexibility index (Phi) is 4.34. The Bertz CT molecular complexity index is 896. The Morgan fingerprint density at radius 3 is 3.04 bits per heavy atom. The number of rotatable bonds is 5. The second-order valence-corrected chi connectivity index (χ2v) is 6.52. The van der Waals surface area contributed by atoms with E-state index in [2.05, 4.69) is 31.8 Å². The van der Waals surface area contributed by atoms with Crippen LogP contribution in [0.5, 0.6) is 0 Å². The van der Waals surface area contributed by atoms with Crippen LogP contribution in [0.15, 0.2) is 39.6 Å². The molecule has 0 bridgehead atoms. The van der Waals surface area contributed by atoms with Gasteiger partial charge in [0.1, 0.15) is 23.0 Å². The van der Waals surface area contributed by atoms with Crippen molar-refractivity contribution in [3.63, 3.8) is 0 Å². The summed E-state index contributed by atoms with van der Waals surface area (Å²) in [5, 5.41) is 6.90. The SMILES string of the molecule is Cc1cc(CN2CCn3cc(C(=O)NCc4ccco4)nc3[C@@H]2C)no1. The van der Waals surface area contributed by atoms with Gasteiger partial charge >= 0.3 is 0 Å². The molecular weight excluding hydrogens is 334 g/mol. The second-order valence-electron chi connectivity index (χ2n) is 6.52. The number of carbonyl (C=O) groups is 1. The van der Waals surface area contributed by atoms with Crippen molar-refractivity contribution in [3.8, 4) is 0 Å². The van der Waals surface area contributed by atoms with Gasteiger partial charge in [-0.3, -0.25) is 9.69 Å². The lowest BCUT2D eigenvalue weighted by atomic mass is 10.2. The molecule has 136 valence electrons. The standard InChI is InChI=1S/C18H21N5O3/c1-12-8-14(21-26-12)10-22-5-6-23-11-16(20-17(23)13(22)2)18(24)19-9-15-4-3-7-25-15/h3-4,7-8,11,13H,5-6,9-10H2,1-2H3,(H,19,24)/t13-/m0/s1. The van der Waals surface area contributed by atoms with Crippen molar-refractivity contribution in [1.29, 1.82) is 0 Å². The highest BCUT2D eigenvalue weighted by Crippen LogP contribution is 2.26. The van der Waals surface area contributed by atoms with Crippen molar-refractivity contribution in [3.05, 3.63) is 59.4 Å². The fourth-order valence-electron chi connectivity index (χ4n) is 3.23. The molecule has 1 aliphatic rings. The van der Waals surface area contributed by atoms with Crippen LogP contribution in [0.2, 0.25) is 0 Å². The van der Waals surface area contributed by atoms with Crippen molar-refractivity contribution in [2.24, 2.45) is 0 Å². The zero-order valence-electron chi connectivity index (χ0n) is 14.8. The number of hydrogen-bond acceptors (Lipinski definition) is 6. The minimum Gasteiger partial charge on any atom is -0.467 e. The van der Waals surface area contributed by atoms with Crippen molar-refractivity contribution >= 4 is 5.91 Å². The molecule has 4 heterocycles. The lowest BCUT2D eigenvalue weighted by molar-refractivity contribution is 0.0943. The maximum atomic E-state index is 12.4. The van der Waals surface area contributed by atoms with Crippen molar-refractivity contribution in [2.75, 3.05) is 6.54 Å². The summed E-state index contributed by atoms with van der Waals surface area (Å²) >= 11 is 0. The Balaban J connectivity index is 1.44. The first kappa shape index (κ1) is 16.6. The van der Waals surface area contributed by atoms with Gasteiger partial charge in [-0.2, -0.15) is 0 Å². The summed E-state index contributed by atoms with van der Waals surface area (Å²) < 4.78 is 12.4. The van der Waals surface area contributed by atoms with Gasteiger partial charge in [-0.05, 0) is 26.0 Å². The predicted octanol–water partition coefficient (Wildman–Crippen LogP) is 2.28. The molecule has 0 saturated heterocycles. The van der Waals surface area contributed by atoms with Gasteiger partial charge in [0.2, 0.25) is 0 Å². The summed E-state index contributed by atoms with van der Waals surface area (Å²) in [6.07, 6.45) is 3.41. The van der Waals surface area contributed by atoms with Gasteiger partial charge in [-0.25, -0.2) is 4.98 Å². The van der Waals surface area contributed by atoms with E-state index < -0.39 is 0 Å². The molecule has 0 radical (unpaired) electrons. The Morgan fingerprint density at radius 2 is 2.31 bits per heavy atom. The van der Waals surface area contributed by atoms with Gasteiger partial charge in [0.15, 0.2) is 0 Å². The highest BCUT2D eigenvalue weighted by molar-refractivity contribution is 5.92. The van der Waals surface area contributed by atoms with E-state index in [1.165, 1.54) is 0 Å². The number of aryl methyl sites for hydroxylation is 1. The van der Waals surface area contributed by atoms with Gasteiger partial charge in [0.25, 0.3) is 5.91 Å². The monoisotopic (exact) mass is 355 g/mol. The third kappa shape index (κ3) is 3.28. The van der Waals surface area contributed by atoms with Crippen LogP contribution in [-0.2, 0) is 19.6 Å². The van der Waals surface area contributed by atoms with Gasteiger partial charge in [0, 0.05) is 31.9 Å². The van der Waals surface area contributed by atoms with Crippen LogP contribution in [0.3, 0.4) is 0 Å². The van der Waals surface area contributed by atoms with Crippen LogP contribution in [0, 0.1) is 6.92 Å². The Hall–Kier alpha value is -2.87. The normalized spacial score (nSPS) is 17.2. The number of amides is 1. The van der Waals surface area contributed by atoms with E-state index in [0.29, 0.717) is 24.5 Å². The maximum Gasteiger partial charge on any atom is 0.271 e. The fraction of sp³-hybridized carbons (Fsp3) is 0.389. The minimum atomic E-state index is -0.200. The van der Waals surface area contributed by atoms with Crippen LogP contribution in [0.4, 0.5) is 0 Å². The van der Waals surface area contributed by atoms with E-state index in [4.69, 9.17) is 8.94 Å². The molecule has 1 amide bonds. The number of imidazole rings is 1. The average Bonchev–Trinajstić information content (AvgIpc) is 3.36. The fourth-order valence-corrected chi connectivity index (χ4v) is 3.23. The highest BCUT2D eigenvalue weighted by atomic mass is 16.5. The van der Waals surface area contributed by atoms with E-state index in [-0.39, 0.29) is 11.9 Å². The average molecular weight is 355 g/mol. The first-order chi connectivity index (χ1) is 12.6. The first-order valence-electron chi connectivity index (χ1n) is 8.64. The highest BCUT2D eigenvalue weighted by Gasteiger charge is 2.28. The number of hydrogen-bond donors (Lipinski definition) is 1. The summed E-state index contributed by atoms with van der Waals surface area (Å²) in [5.74, 6) is 2.21. The van der Waals surface area contributed by atoms with E-state index in [0.717, 1.165) is 30.4 Å². The van der Waals surface area contributed by atoms with E-state index >= 15 is 0 Å². The zero-order valence-corrected chi connectivity index (χ0v) is 14.8. The second kappa shape index (κ2) is 6.80. The van der Waals surface area contributed by atoms with E-state index in [1.54, 1.807) is 12.3 Å². The largest absolute Gasteiger partial charge is 0.467 e. The molecule has 3 aromatic rings. The smallest absolute Gasteiger partial charge is 0.271 e. The topological polar surface area (TPSA) is 89.3 Å². The molecule has 26 heavy (non-hydrogen) atoms. The number of carbonyl (C=O) groups excluding carboxylic acids is 1. The zero-order chi connectivity index (χ0) is 18.1. The molecular formula is C18H21N5O3. The van der Waals surface area contributed by atoms with Crippen LogP contribution in [0.25, 0.3) is 0 Å². The Morgan fingerprint density at radius 1 is 1.42 bits per heavy atom. The molecule has 8 heteroatoms.